The van der Waals surface area contributed by atoms with Crippen LogP contribution in [0.2, 0.25) is 0 Å². The predicted molar refractivity (Wildman–Crippen MR) is 131 cm³/mol. The molecule has 4 nitrogen and oxygen atoms in total. The Bertz CT molecular complexity index is 971. The largest absolute Gasteiger partial charge is 0.351 e. The Labute approximate surface area is 196 Å². The summed E-state index contributed by atoms with van der Waals surface area (Å²) in [5.41, 5.74) is 2.87. The highest BCUT2D eigenvalue weighted by Gasteiger charge is 2.38. The third-order valence-corrected chi connectivity index (χ3v) is 6.21. The number of aromatic amines is 1. The number of unbranched alkanes of at least 4 members (excludes halogenated alkanes) is 1. The molecular weight excluding hydrogens is 425 g/mol. The molecule has 1 fully saturated rings. The maximum absolute atomic E-state index is 13.1. The molecule has 1 amide bonds. The van der Waals surface area contributed by atoms with E-state index in [1.54, 1.807) is 12.1 Å². The Hall–Kier alpha value is -2.37. The van der Waals surface area contributed by atoms with E-state index in [1.165, 1.54) is 12.0 Å². The van der Waals surface area contributed by atoms with Crippen LogP contribution in [-0.4, -0.2) is 42.0 Å². The summed E-state index contributed by atoms with van der Waals surface area (Å²) in [6, 6.07) is 16.8. The first-order valence-corrected chi connectivity index (χ1v) is 11.5. The number of carbonyl (C=O) groups excluding carboxylic acids is 1. The lowest BCUT2D eigenvalue weighted by atomic mass is 10.1. The first-order chi connectivity index (χ1) is 15.1. The van der Waals surface area contributed by atoms with Crippen LogP contribution in [0.1, 0.15) is 54.6 Å². The third-order valence-electron chi connectivity index (χ3n) is 6.21. The fourth-order valence-corrected chi connectivity index (χ4v) is 4.46. The molecule has 1 aliphatic rings. The van der Waals surface area contributed by atoms with Gasteiger partial charge in [0.1, 0.15) is 11.5 Å². The minimum Gasteiger partial charge on any atom is -0.351 e. The third kappa shape index (κ3) is 6.33. The maximum Gasteiger partial charge on any atom is 0.267 e. The highest BCUT2D eigenvalue weighted by atomic mass is 35.5. The molecule has 172 valence electrons. The lowest BCUT2D eigenvalue weighted by Gasteiger charge is -2.22. The van der Waals surface area contributed by atoms with Crippen molar-refractivity contribution >= 4 is 29.2 Å². The van der Waals surface area contributed by atoms with Crippen LogP contribution in [0, 0.1) is 11.7 Å². The van der Waals surface area contributed by atoms with E-state index in [-0.39, 0.29) is 24.1 Å². The molecule has 6 heteroatoms. The highest BCUT2D eigenvalue weighted by molar-refractivity contribution is 5.97. The van der Waals surface area contributed by atoms with Crippen molar-refractivity contribution < 1.29 is 9.18 Å². The zero-order chi connectivity index (χ0) is 21.6. The van der Waals surface area contributed by atoms with Crippen LogP contribution in [-0.2, 0) is 0 Å². The molecule has 0 saturated heterocycles. The molecule has 2 unspecified atom stereocenters. The van der Waals surface area contributed by atoms with Gasteiger partial charge in [-0.05, 0) is 80.4 Å². The zero-order valence-corrected chi connectivity index (χ0v) is 19.5. The van der Waals surface area contributed by atoms with E-state index in [0.717, 1.165) is 49.8 Å². The molecule has 0 radical (unpaired) electrons. The fourth-order valence-electron chi connectivity index (χ4n) is 4.46. The molecule has 3 aromatic rings. The van der Waals surface area contributed by atoms with Gasteiger partial charge in [-0.25, -0.2) is 4.39 Å². The van der Waals surface area contributed by atoms with Crippen LogP contribution in [0.25, 0.3) is 10.9 Å². The van der Waals surface area contributed by atoms with Crippen molar-refractivity contribution in [3.63, 3.8) is 0 Å². The summed E-state index contributed by atoms with van der Waals surface area (Å²) < 4.78 is 13.1. The van der Waals surface area contributed by atoms with Crippen molar-refractivity contribution in [2.45, 2.75) is 38.5 Å². The quantitative estimate of drug-likeness (QED) is 0.360. The topological polar surface area (TPSA) is 48.1 Å². The molecule has 1 heterocycles. The van der Waals surface area contributed by atoms with Gasteiger partial charge in [0.25, 0.3) is 5.91 Å². The smallest absolute Gasteiger partial charge is 0.267 e. The Morgan fingerprint density at radius 3 is 2.66 bits per heavy atom. The highest BCUT2D eigenvalue weighted by Crippen LogP contribution is 2.47. The van der Waals surface area contributed by atoms with Gasteiger partial charge in [-0.2, -0.15) is 0 Å². The Morgan fingerprint density at radius 2 is 1.91 bits per heavy atom. The number of hydrogen-bond donors (Lipinski definition) is 2. The Balaban J connectivity index is 0.00000289. The van der Waals surface area contributed by atoms with E-state index in [9.17, 15) is 9.18 Å². The Kier molecular flexibility index (Phi) is 8.71. The molecule has 0 aliphatic heterocycles. The monoisotopic (exact) mass is 457 g/mol. The van der Waals surface area contributed by atoms with Gasteiger partial charge in [0.2, 0.25) is 0 Å². The molecule has 0 spiro atoms. The van der Waals surface area contributed by atoms with E-state index >= 15 is 0 Å². The average Bonchev–Trinajstić information content (AvgIpc) is 3.39. The second-order valence-electron chi connectivity index (χ2n) is 8.69. The molecule has 2 aromatic carbocycles. The first kappa shape index (κ1) is 24.3. The number of amides is 1. The summed E-state index contributed by atoms with van der Waals surface area (Å²) in [5, 5.41) is 4.09. The van der Waals surface area contributed by atoms with Crippen molar-refractivity contribution in [1.82, 2.24) is 15.2 Å². The van der Waals surface area contributed by atoms with Crippen LogP contribution in [0.15, 0.2) is 54.6 Å². The number of fused-ring (bicyclic) bond motifs is 1. The summed E-state index contributed by atoms with van der Waals surface area (Å²) in [6.07, 6.45) is 4.39. The number of carbonyl (C=O) groups is 1. The van der Waals surface area contributed by atoms with Gasteiger partial charge < -0.3 is 15.2 Å². The zero-order valence-electron chi connectivity index (χ0n) is 18.6. The van der Waals surface area contributed by atoms with E-state index < -0.39 is 0 Å². The summed E-state index contributed by atoms with van der Waals surface area (Å²) in [4.78, 5) is 18.1. The number of hydrogen-bond acceptors (Lipinski definition) is 2. The number of para-hydroxylation sites is 1. The van der Waals surface area contributed by atoms with E-state index in [1.807, 2.05) is 42.5 Å². The van der Waals surface area contributed by atoms with E-state index in [0.29, 0.717) is 24.1 Å². The van der Waals surface area contributed by atoms with Crippen LogP contribution in [0.5, 0.6) is 0 Å². The lowest BCUT2D eigenvalue weighted by Crippen LogP contribution is -2.30. The van der Waals surface area contributed by atoms with Crippen LogP contribution < -0.4 is 5.32 Å². The lowest BCUT2D eigenvalue weighted by molar-refractivity contribution is 0.0948. The number of rotatable bonds is 11. The normalized spacial score (nSPS) is 17.3. The second-order valence-corrected chi connectivity index (χ2v) is 8.69. The summed E-state index contributed by atoms with van der Waals surface area (Å²) >= 11 is 0. The van der Waals surface area contributed by atoms with Crippen LogP contribution in [0.4, 0.5) is 4.39 Å². The first-order valence-electron chi connectivity index (χ1n) is 11.5. The number of H-pyrrole nitrogens is 1. The Morgan fingerprint density at radius 1 is 1.12 bits per heavy atom. The summed E-state index contributed by atoms with van der Waals surface area (Å²) in [5.74, 6) is 1.06. The SMILES string of the molecule is CCCN(CCCCNC(=O)c1cc2ccccc2[nH]1)CC1CC1c1ccc(F)cc1.Cl. The number of halogens is 2. The minimum atomic E-state index is -0.162. The molecule has 1 aromatic heterocycles. The second kappa shape index (κ2) is 11.5. The van der Waals surface area contributed by atoms with Gasteiger partial charge in [-0.15, -0.1) is 12.4 Å². The van der Waals surface area contributed by atoms with E-state index in [4.69, 9.17) is 0 Å². The van der Waals surface area contributed by atoms with Crippen molar-refractivity contribution in [2.24, 2.45) is 5.92 Å². The summed E-state index contributed by atoms with van der Waals surface area (Å²) in [7, 11) is 0. The minimum absolute atomic E-state index is 0. The van der Waals surface area contributed by atoms with Crippen molar-refractivity contribution in [3.05, 3.63) is 71.7 Å². The molecule has 0 bridgehead atoms. The summed E-state index contributed by atoms with van der Waals surface area (Å²) in [6.45, 7) is 6.18. The van der Waals surface area contributed by atoms with Gasteiger partial charge in [0.05, 0.1) is 0 Å². The molecule has 4 rings (SSSR count). The molecular formula is C26H33ClFN3O. The van der Waals surface area contributed by atoms with Gasteiger partial charge in [-0.1, -0.05) is 37.3 Å². The number of benzene rings is 2. The number of aromatic nitrogens is 1. The molecule has 32 heavy (non-hydrogen) atoms. The fraction of sp³-hybridized carbons (Fsp3) is 0.423. The number of nitrogens with one attached hydrogen (secondary N) is 2. The van der Waals surface area contributed by atoms with Gasteiger partial charge in [0, 0.05) is 24.0 Å². The van der Waals surface area contributed by atoms with Crippen molar-refractivity contribution in [2.75, 3.05) is 26.2 Å². The van der Waals surface area contributed by atoms with Gasteiger partial charge in [0.15, 0.2) is 0 Å². The van der Waals surface area contributed by atoms with E-state index in [2.05, 4.69) is 22.1 Å². The standard InChI is InChI=1S/C26H32FN3O.ClH/c1-2-14-30(18-21-16-23(21)19-9-11-22(27)12-10-19)15-6-5-13-28-26(31)25-17-20-7-3-4-8-24(20)29-25;/h3-4,7-12,17,21,23,29H,2,5-6,13-16,18H2,1H3,(H,28,31);1H. The molecule has 1 saturated carbocycles. The predicted octanol–water partition coefficient (Wildman–Crippen LogP) is 5.75. The molecule has 1 aliphatic carbocycles. The average molecular weight is 458 g/mol. The van der Waals surface area contributed by atoms with Crippen molar-refractivity contribution in [3.8, 4) is 0 Å². The van der Waals surface area contributed by atoms with Crippen LogP contribution >= 0.6 is 12.4 Å². The maximum atomic E-state index is 13.1. The van der Waals surface area contributed by atoms with Crippen molar-refractivity contribution in [1.29, 1.82) is 0 Å². The molecule has 2 N–H and O–H groups in total. The molecule has 2 atom stereocenters. The van der Waals surface area contributed by atoms with Crippen LogP contribution in [0.3, 0.4) is 0 Å². The number of nitrogens with zero attached hydrogens (tertiary/aromatic N) is 1. The van der Waals surface area contributed by atoms with Gasteiger partial charge >= 0.3 is 0 Å². The van der Waals surface area contributed by atoms with Gasteiger partial charge in [-0.3, -0.25) is 4.79 Å².